The van der Waals surface area contributed by atoms with Gasteiger partial charge in [-0.3, -0.25) is 0 Å². The zero-order valence-corrected chi connectivity index (χ0v) is 13.4. The predicted molar refractivity (Wildman–Crippen MR) is 91.1 cm³/mol. The molecule has 2 aromatic carbocycles. The summed E-state index contributed by atoms with van der Waals surface area (Å²) in [4.78, 5) is 5.40. The summed E-state index contributed by atoms with van der Waals surface area (Å²) in [6.45, 7) is 3.90. The van der Waals surface area contributed by atoms with E-state index in [4.69, 9.17) is 4.42 Å². The van der Waals surface area contributed by atoms with Crippen LogP contribution in [0.2, 0.25) is 0 Å². The standard InChI is InChI=1S/C17H13N3O2S/c1-9-7-13(21)11-8-10(2)23-16(11)15(9)19-20-17-18-12-5-3-4-6-14(12)22-17/h3-8,21H,1-2H3/b20-19+. The molecule has 0 spiro atoms. The molecule has 0 bridgehead atoms. The molecule has 23 heavy (non-hydrogen) atoms. The largest absolute Gasteiger partial charge is 0.507 e. The molecule has 0 unspecified atom stereocenters. The summed E-state index contributed by atoms with van der Waals surface area (Å²) in [6.07, 6.45) is 0. The number of benzene rings is 2. The van der Waals surface area contributed by atoms with Gasteiger partial charge < -0.3 is 9.52 Å². The van der Waals surface area contributed by atoms with Crippen LogP contribution in [-0.2, 0) is 0 Å². The van der Waals surface area contributed by atoms with Crippen LogP contribution in [0.1, 0.15) is 10.4 Å². The number of aromatic nitrogens is 1. The number of hydrogen-bond donors (Lipinski definition) is 1. The molecule has 2 aromatic heterocycles. The lowest BCUT2D eigenvalue weighted by Crippen LogP contribution is -1.76. The molecule has 0 fully saturated rings. The van der Waals surface area contributed by atoms with Crippen LogP contribution in [0.25, 0.3) is 21.2 Å². The fourth-order valence-corrected chi connectivity index (χ4v) is 3.60. The molecule has 114 valence electrons. The maximum absolute atomic E-state index is 10.1. The number of phenols is 1. The Labute approximate surface area is 135 Å². The number of para-hydroxylation sites is 2. The topological polar surface area (TPSA) is 71.0 Å². The van der Waals surface area contributed by atoms with Crippen LogP contribution in [0, 0.1) is 13.8 Å². The van der Waals surface area contributed by atoms with Crippen molar-refractivity contribution in [2.24, 2.45) is 10.2 Å². The van der Waals surface area contributed by atoms with Crippen molar-refractivity contribution in [3.8, 4) is 5.75 Å². The van der Waals surface area contributed by atoms with E-state index in [1.807, 2.05) is 44.2 Å². The normalized spacial score (nSPS) is 11.9. The van der Waals surface area contributed by atoms with E-state index in [1.165, 1.54) is 0 Å². The van der Waals surface area contributed by atoms with Gasteiger partial charge in [0.1, 0.15) is 17.0 Å². The van der Waals surface area contributed by atoms with Crippen LogP contribution in [0.3, 0.4) is 0 Å². The number of azo groups is 1. The predicted octanol–water partition coefficient (Wildman–Crippen LogP) is 5.78. The van der Waals surface area contributed by atoms with Crippen molar-refractivity contribution in [3.05, 3.63) is 46.8 Å². The number of oxazole rings is 1. The van der Waals surface area contributed by atoms with Crippen molar-refractivity contribution >= 4 is 44.2 Å². The van der Waals surface area contributed by atoms with Crippen molar-refractivity contribution in [1.29, 1.82) is 0 Å². The molecular formula is C17H13N3O2S. The number of fused-ring (bicyclic) bond motifs is 2. The Hall–Kier alpha value is -2.73. The molecule has 6 heteroatoms. The van der Waals surface area contributed by atoms with Gasteiger partial charge in [-0.15, -0.1) is 16.5 Å². The maximum Gasteiger partial charge on any atom is 0.341 e. The fraction of sp³-hybridized carbons (Fsp3) is 0.118. The van der Waals surface area contributed by atoms with Crippen molar-refractivity contribution in [2.75, 3.05) is 0 Å². The van der Waals surface area contributed by atoms with Crippen molar-refractivity contribution in [2.45, 2.75) is 13.8 Å². The minimum absolute atomic E-state index is 0.222. The van der Waals surface area contributed by atoms with Gasteiger partial charge in [-0.05, 0) is 43.7 Å². The van der Waals surface area contributed by atoms with Crippen LogP contribution in [-0.4, -0.2) is 10.1 Å². The van der Waals surface area contributed by atoms with Crippen molar-refractivity contribution < 1.29 is 9.52 Å². The first-order chi connectivity index (χ1) is 11.1. The van der Waals surface area contributed by atoms with E-state index < -0.39 is 0 Å². The molecule has 1 N–H and O–H groups in total. The Kier molecular flexibility index (Phi) is 3.12. The van der Waals surface area contributed by atoms with Gasteiger partial charge in [0.15, 0.2) is 5.58 Å². The molecule has 4 aromatic rings. The SMILES string of the molecule is Cc1cc2c(O)cc(C)c(/N=N/c3nc4ccccc4o3)c2s1. The zero-order chi connectivity index (χ0) is 16.0. The second-order valence-electron chi connectivity index (χ2n) is 5.33. The molecule has 0 amide bonds. The molecule has 0 saturated carbocycles. The monoisotopic (exact) mass is 323 g/mol. The number of nitrogens with zero attached hydrogens (tertiary/aromatic N) is 3. The van der Waals surface area contributed by atoms with Crippen LogP contribution >= 0.6 is 11.3 Å². The third-order valence-electron chi connectivity index (χ3n) is 3.59. The molecule has 2 heterocycles. The Morgan fingerprint density at radius 3 is 2.78 bits per heavy atom. The Morgan fingerprint density at radius 2 is 1.96 bits per heavy atom. The van der Waals surface area contributed by atoms with Crippen LogP contribution in [0.5, 0.6) is 5.75 Å². The Balaban J connectivity index is 1.83. The summed E-state index contributed by atoms with van der Waals surface area (Å²) < 4.78 is 6.47. The van der Waals surface area contributed by atoms with Gasteiger partial charge in [0.05, 0.1) is 4.70 Å². The first-order valence-electron chi connectivity index (χ1n) is 7.12. The van der Waals surface area contributed by atoms with E-state index in [1.54, 1.807) is 17.4 Å². The average Bonchev–Trinajstić information content (AvgIpc) is 3.10. The van der Waals surface area contributed by atoms with E-state index >= 15 is 0 Å². The van der Waals surface area contributed by atoms with E-state index in [2.05, 4.69) is 15.2 Å². The summed E-state index contributed by atoms with van der Waals surface area (Å²) in [5.74, 6) is 0.266. The second kappa shape index (κ2) is 5.17. The number of aromatic hydroxyl groups is 1. The zero-order valence-electron chi connectivity index (χ0n) is 12.6. The molecular weight excluding hydrogens is 310 g/mol. The van der Waals surface area contributed by atoms with E-state index in [0.717, 1.165) is 31.7 Å². The van der Waals surface area contributed by atoms with Gasteiger partial charge in [-0.1, -0.05) is 17.2 Å². The minimum Gasteiger partial charge on any atom is -0.507 e. The first-order valence-corrected chi connectivity index (χ1v) is 7.93. The summed E-state index contributed by atoms with van der Waals surface area (Å²) >= 11 is 1.58. The van der Waals surface area contributed by atoms with E-state index in [0.29, 0.717) is 5.58 Å². The van der Waals surface area contributed by atoms with Crippen molar-refractivity contribution in [1.82, 2.24) is 4.98 Å². The highest BCUT2D eigenvalue weighted by Crippen LogP contribution is 2.41. The van der Waals surface area contributed by atoms with Gasteiger partial charge in [-0.2, -0.15) is 4.98 Å². The first kappa shape index (κ1) is 13.9. The molecule has 0 radical (unpaired) electrons. The average molecular weight is 323 g/mol. The highest BCUT2D eigenvalue weighted by Gasteiger charge is 2.12. The second-order valence-corrected chi connectivity index (χ2v) is 6.58. The molecule has 0 aliphatic rings. The highest BCUT2D eigenvalue weighted by atomic mass is 32.1. The maximum atomic E-state index is 10.1. The van der Waals surface area contributed by atoms with Crippen LogP contribution in [0.15, 0.2) is 51.0 Å². The third-order valence-corrected chi connectivity index (χ3v) is 4.65. The summed E-state index contributed by atoms with van der Waals surface area (Å²) in [6, 6.07) is 11.4. The van der Waals surface area contributed by atoms with Crippen LogP contribution in [0.4, 0.5) is 11.7 Å². The molecule has 0 atom stereocenters. The number of aryl methyl sites for hydroxylation is 2. The fourth-order valence-electron chi connectivity index (χ4n) is 2.53. The number of hydrogen-bond acceptors (Lipinski definition) is 6. The van der Waals surface area contributed by atoms with Gasteiger partial charge >= 0.3 is 6.01 Å². The Bertz CT molecular complexity index is 1030. The third kappa shape index (κ3) is 2.37. The van der Waals surface area contributed by atoms with Gasteiger partial charge in [0.25, 0.3) is 0 Å². The lowest BCUT2D eigenvalue weighted by molar-refractivity contribution is 0.481. The van der Waals surface area contributed by atoms with Crippen molar-refractivity contribution in [3.63, 3.8) is 0 Å². The van der Waals surface area contributed by atoms with Gasteiger partial charge in [0.2, 0.25) is 0 Å². The summed E-state index contributed by atoms with van der Waals surface area (Å²) in [7, 11) is 0. The molecule has 0 aliphatic carbocycles. The lowest BCUT2D eigenvalue weighted by atomic mass is 10.1. The molecule has 4 rings (SSSR count). The smallest absolute Gasteiger partial charge is 0.341 e. The molecule has 5 nitrogen and oxygen atoms in total. The number of rotatable bonds is 2. The summed E-state index contributed by atoms with van der Waals surface area (Å²) in [5.41, 5.74) is 3.02. The lowest BCUT2D eigenvalue weighted by Gasteiger charge is -2.02. The van der Waals surface area contributed by atoms with Crippen LogP contribution < -0.4 is 0 Å². The Morgan fingerprint density at radius 1 is 1.13 bits per heavy atom. The molecule has 0 saturated heterocycles. The van der Waals surface area contributed by atoms with Gasteiger partial charge in [-0.25, -0.2) is 0 Å². The molecule has 0 aliphatic heterocycles. The van der Waals surface area contributed by atoms with E-state index in [9.17, 15) is 5.11 Å². The quantitative estimate of drug-likeness (QED) is 0.475. The summed E-state index contributed by atoms with van der Waals surface area (Å²) in [5, 5.41) is 19.3. The van der Waals surface area contributed by atoms with E-state index in [-0.39, 0.29) is 11.8 Å². The van der Waals surface area contributed by atoms with Gasteiger partial charge in [0, 0.05) is 10.3 Å². The highest BCUT2D eigenvalue weighted by molar-refractivity contribution is 7.19. The number of phenolic OH excluding ortho intramolecular Hbond substituents is 1. The minimum atomic E-state index is 0.222. The number of thiophene rings is 1.